The van der Waals surface area contributed by atoms with Crippen LogP contribution in [0.25, 0.3) is 21.8 Å². The molecule has 1 aromatic carbocycles. The van der Waals surface area contributed by atoms with Gasteiger partial charge in [-0.2, -0.15) is 0 Å². The van der Waals surface area contributed by atoms with Crippen molar-refractivity contribution in [2.45, 2.75) is 19.3 Å². The standard InChI is InChI=1S/C17H17N3O/c21-15-7-9-18-13-5-4-12-14(20-10-2-1-3-11-20)6-8-19-17(12)16(13)15/h4-9H,1-3,10-11H2,(H,18,21). The molecule has 21 heavy (non-hydrogen) atoms. The first kappa shape index (κ1) is 12.4. The number of hydrogen-bond donors (Lipinski definition) is 1. The van der Waals surface area contributed by atoms with E-state index < -0.39 is 0 Å². The van der Waals surface area contributed by atoms with E-state index in [2.05, 4.69) is 27.0 Å². The van der Waals surface area contributed by atoms with Crippen LogP contribution in [0.3, 0.4) is 0 Å². The molecule has 1 N–H and O–H groups in total. The molecule has 0 saturated carbocycles. The summed E-state index contributed by atoms with van der Waals surface area (Å²) in [5.74, 6) is 0. The molecule has 4 rings (SSSR count). The molecular formula is C17H17N3O. The maximum atomic E-state index is 12.2. The molecule has 1 aliphatic heterocycles. The van der Waals surface area contributed by atoms with Gasteiger partial charge >= 0.3 is 0 Å². The summed E-state index contributed by atoms with van der Waals surface area (Å²) in [7, 11) is 0. The highest BCUT2D eigenvalue weighted by atomic mass is 16.1. The third kappa shape index (κ3) is 1.98. The molecular weight excluding hydrogens is 262 g/mol. The van der Waals surface area contributed by atoms with Gasteiger partial charge in [0.05, 0.1) is 16.4 Å². The van der Waals surface area contributed by atoms with E-state index in [0.29, 0.717) is 5.39 Å². The Labute approximate surface area is 122 Å². The number of fused-ring (bicyclic) bond motifs is 3. The zero-order valence-corrected chi connectivity index (χ0v) is 11.8. The Kier molecular flexibility index (Phi) is 2.88. The van der Waals surface area contributed by atoms with Crippen molar-refractivity contribution in [2.75, 3.05) is 18.0 Å². The number of piperidine rings is 1. The Balaban J connectivity index is 2.02. The molecule has 1 aliphatic rings. The first-order chi connectivity index (χ1) is 10.3. The first-order valence-electron chi connectivity index (χ1n) is 7.49. The number of hydrogen-bond acceptors (Lipinski definition) is 3. The normalized spacial score (nSPS) is 15.7. The molecule has 0 radical (unpaired) electrons. The van der Waals surface area contributed by atoms with Gasteiger partial charge in [0.2, 0.25) is 0 Å². The van der Waals surface area contributed by atoms with Crippen LogP contribution in [0, 0.1) is 0 Å². The smallest absolute Gasteiger partial charge is 0.191 e. The Hall–Kier alpha value is -2.36. The highest BCUT2D eigenvalue weighted by molar-refractivity contribution is 6.07. The minimum absolute atomic E-state index is 0.0256. The monoisotopic (exact) mass is 279 g/mol. The average Bonchev–Trinajstić information content (AvgIpc) is 2.55. The van der Waals surface area contributed by atoms with Crippen LogP contribution in [0.1, 0.15) is 19.3 Å². The van der Waals surface area contributed by atoms with Crippen LogP contribution >= 0.6 is 0 Å². The van der Waals surface area contributed by atoms with Crippen LogP contribution in [0.15, 0.2) is 41.5 Å². The Bertz CT molecular complexity index is 863. The van der Waals surface area contributed by atoms with Crippen LogP contribution in [0.2, 0.25) is 0 Å². The molecule has 0 bridgehead atoms. The molecule has 1 fully saturated rings. The molecule has 0 amide bonds. The van der Waals surface area contributed by atoms with Crippen molar-refractivity contribution in [1.82, 2.24) is 9.97 Å². The van der Waals surface area contributed by atoms with Gasteiger partial charge in [-0.3, -0.25) is 9.78 Å². The van der Waals surface area contributed by atoms with E-state index in [4.69, 9.17) is 0 Å². The zero-order valence-electron chi connectivity index (χ0n) is 11.8. The SMILES string of the molecule is O=c1cc[nH]c2ccc3c(N4CCCCC4)ccnc3c12. The second-order valence-electron chi connectivity index (χ2n) is 5.60. The number of aromatic nitrogens is 2. The topological polar surface area (TPSA) is 49.0 Å². The van der Waals surface area contributed by atoms with Crippen LogP contribution in [0.5, 0.6) is 0 Å². The third-order valence-corrected chi connectivity index (χ3v) is 4.31. The lowest BCUT2D eigenvalue weighted by atomic mass is 10.1. The van der Waals surface area contributed by atoms with Crippen LogP contribution in [-0.4, -0.2) is 23.1 Å². The number of nitrogens with one attached hydrogen (secondary N) is 1. The van der Waals surface area contributed by atoms with Crippen molar-refractivity contribution in [1.29, 1.82) is 0 Å². The van der Waals surface area contributed by atoms with Gasteiger partial charge in [0, 0.05) is 42.6 Å². The van der Waals surface area contributed by atoms with E-state index in [-0.39, 0.29) is 5.43 Å². The number of benzene rings is 1. The van der Waals surface area contributed by atoms with E-state index in [9.17, 15) is 4.79 Å². The number of H-pyrrole nitrogens is 1. The molecule has 106 valence electrons. The highest BCUT2D eigenvalue weighted by Crippen LogP contribution is 2.30. The summed E-state index contributed by atoms with van der Waals surface area (Å²) in [5.41, 5.74) is 2.87. The lowest BCUT2D eigenvalue weighted by Crippen LogP contribution is -2.29. The predicted molar refractivity (Wildman–Crippen MR) is 85.9 cm³/mol. The van der Waals surface area contributed by atoms with Gasteiger partial charge in [0.25, 0.3) is 0 Å². The summed E-state index contributed by atoms with van der Waals surface area (Å²) in [4.78, 5) is 22.2. The zero-order chi connectivity index (χ0) is 14.2. The fraction of sp³-hybridized carbons (Fsp3) is 0.294. The Morgan fingerprint density at radius 1 is 1.05 bits per heavy atom. The predicted octanol–water partition coefficient (Wildman–Crippen LogP) is 3.07. The fourth-order valence-corrected chi connectivity index (χ4v) is 3.27. The molecule has 4 heteroatoms. The van der Waals surface area contributed by atoms with Crippen molar-refractivity contribution in [3.8, 4) is 0 Å². The van der Waals surface area contributed by atoms with Gasteiger partial charge in [-0.05, 0) is 37.5 Å². The number of aromatic amines is 1. The molecule has 0 atom stereocenters. The van der Waals surface area contributed by atoms with Crippen molar-refractivity contribution in [3.05, 3.63) is 46.9 Å². The van der Waals surface area contributed by atoms with Crippen molar-refractivity contribution >= 4 is 27.5 Å². The summed E-state index contributed by atoms with van der Waals surface area (Å²) in [5, 5.41) is 1.76. The van der Waals surface area contributed by atoms with E-state index in [1.165, 1.54) is 24.9 Å². The molecule has 0 unspecified atom stereocenters. The van der Waals surface area contributed by atoms with E-state index in [0.717, 1.165) is 29.5 Å². The van der Waals surface area contributed by atoms with Crippen molar-refractivity contribution in [2.24, 2.45) is 0 Å². The Morgan fingerprint density at radius 2 is 1.90 bits per heavy atom. The summed E-state index contributed by atoms with van der Waals surface area (Å²) in [6.07, 6.45) is 7.28. The lowest BCUT2D eigenvalue weighted by molar-refractivity contribution is 0.579. The van der Waals surface area contributed by atoms with E-state index >= 15 is 0 Å². The molecule has 3 heterocycles. The summed E-state index contributed by atoms with van der Waals surface area (Å²) in [6.45, 7) is 2.17. The minimum Gasteiger partial charge on any atom is -0.371 e. The van der Waals surface area contributed by atoms with Crippen LogP contribution < -0.4 is 10.3 Å². The quantitative estimate of drug-likeness (QED) is 0.696. The van der Waals surface area contributed by atoms with Crippen LogP contribution in [0.4, 0.5) is 5.69 Å². The number of anilines is 1. The molecule has 0 aliphatic carbocycles. The second-order valence-corrected chi connectivity index (χ2v) is 5.60. The molecule has 4 nitrogen and oxygen atoms in total. The summed E-state index contributed by atoms with van der Waals surface area (Å²) < 4.78 is 0. The van der Waals surface area contributed by atoms with Gasteiger partial charge in [-0.15, -0.1) is 0 Å². The maximum Gasteiger partial charge on any atom is 0.191 e. The molecule has 1 saturated heterocycles. The second kappa shape index (κ2) is 4.88. The van der Waals surface area contributed by atoms with Gasteiger partial charge in [-0.1, -0.05) is 0 Å². The largest absolute Gasteiger partial charge is 0.371 e. The lowest BCUT2D eigenvalue weighted by Gasteiger charge is -2.29. The molecule has 3 aromatic rings. The Morgan fingerprint density at radius 3 is 2.76 bits per heavy atom. The van der Waals surface area contributed by atoms with Gasteiger partial charge in [-0.25, -0.2) is 0 Å². The third-order valence-electron chi connectivity index (χ3n) is 4.31. The number of nitrogens with zero attached hydrogens (tertiary/aromatic N) is 2. The molecule has 0 spiro atoms. The first-order valence-corrected chi connectivity index (χ1v) is 7.49. The fourth-order valence-electron chi connectivity index (χ4n) is 3.27. The van der Waals surface area contributed by atoms with Gasteiger partial charge < -0.3 is 9.88 Å². The summed E-state index contributed by atoms with van der Waals surface area (Å²) in [6, 6.07) is 7.69. The van der Waals surface area contributed by atoms with Gasteiger partial charge in [0.1, 0.15) is 0 Å². The van der Waals surface area contributed by atoms with E-state index in [1.54, 1.807) is 12.3 Å². The highest BCUT2D eigenvalue weighted by Gasteiger charge is 2.15. The minimum atomic E-state index is 0.0256. The maximum absolute atomic E-state index is 12.2. The van der Waals surface area contributed by atoms with Crippen molar-refractivity contribution in [3.63, 3.8) is 0 Å². The number of rotatable bonds is 1. The van der Waals surface area contributed by atoms with Gasteiger partial charge in [0.15, 0.2) is 5.43 Å². The molecule has 2 aromatic heterocycles. The van der Waals surface area contributed by atoms with Crippen molar-refractivity contribution < 1.29 is 0 Å². The number of pyridine rings is 2. The average molecular weight is 279 g/mol. The van der Waals surface area contributed by atoms with E-state index in [1.807, 2.05) is 12.3 Å². The summed E-state index contributed by atoms with van der Waals surface area (Å²) >= 11 is 0. The van der Waals surface area contributed by atoms with Crippen LogP contribution in [-0.2, 0) is 0 Å².